The summed E-state index contributed by atoms with van der Waals surface area (Å²) in [5, 5.41) is 2.54. The summed E-state index contributed by atoms with van der Waals surface area (Å²) in [6, 6.07) is 4.51. The summed E-state index contributed by atoms with van der Waals surface area (Å²) in [6.45, 7) is 8.85. The Morgan fingerprint density at radius 3 is 1.36 bits per heavy atom. The third-order valence-corrected chi connectivity index (χ3v) is 4.74. The molecule has 0 fully saturated rings. The Morgan fingerprint density at radius 2 is 1.05 bits per heavy atom. The van der Waals surface area contributed by atoms with Gasteiger partial charge in [-0.3, -0.25) is 9.97 Å². The van der Waals surface area contributed by atoms with Crippen molar-refractivity contribution in [2.45, 2.75) is 53.4 Å². The molecule has 1 aromatic carbocycles. The van der Waals surface area contributed by atoms with Crippen LogP contribution in [0, 0.1) is 0 Å². The molecule has 0 bridgehead atoms. The Morgan fingerprint density at radius 1 is 0.636 bits per heavy atom. The number of hydrogen-bond donors (Lipinski definition) is 0. The quantitative estimate of drug-likeness (QED) is 0.630. The Hall–Kier alpha value is -1.96. The van der Waals surface area contributed by atoms with Crippen LogP contribution in [0.25, 0.3) is 21.8 Å². The first-order valence-corrected chi connectivity index (χ1v) is 8.44. The van der Waals surface area contributed by atoms with Gasteiger partial charge < -0.3 is 0 Å². The van der Waals surface area contributed by atoms with E-state index in [9.17, 15) is 0 Å². The molecule has 0 radical (unpaired) electrons. The van der Waals surface area contributed by atoms with E-state index >= 15 is 0 Å². The van der Waals surface area contributed by atoms with Crippen LogP contribution in [0.2, 0.25) is 0 Å². The predicted octanol–water partition coefficient (Wildman–Crippen LogP) is 5.03. The fourth-order valence-corrected chi connectivity index (χ4v) is 3.56. The second-order valence-electron chi connectivity index (χ2n) is 5.80. The number of fused-ring (bicyclic) bond motifs is 3. The summed E-state index contributed by atoms with van der Waals surface area (Å²) in [4.78, 5) is 9.51. The van der Waals surface area contributed by atoms with Crippen LogP contribution in [-0.2, 0) is 25.7 Å². The van der Waals surface area contributed by atoms with Gasteiger partial charge in [0.25, 0.3) is 0 Å². The molecule has 2 aromatic heterocycles. The number of rotatable bonds is 4. The van der Waals surface area contributed by atoms with Crippen molar-refractivity contribution in [2.24, 2.45) is 0 Å². The van der Waals surface area contributed by atoms with Crippen molar-refractivity contribution in [1.82, 2.24) is 9.97 Å². The van der Waals surface area contributed by atoms with E-state index in [0.29, 0.717) is 0 Å². The molecule has 3 rings (SSSR count). The highest BCUT2D eigenvalue weighted by atomic mass is 14.7. The van der Waals surface area contributed by atoms with Crippen molar-refractivity contribution in [3.8, 4) is 0 Å². The van der Waals surface area contributed by atoms with E-state index in [1.54, 1.807) is 0 Å². The van der Waals surface area contributed by atoms with E-state index in [1.807, 2.05) is 12.4 Å². The minimum atomic E-state index is 1.03. The fraction of sp³-hybridized carbons (Fsp3) is 0.400. The van der Waals surface area contributed by atoms with Gasteiger partial charge in [0.1, 0.15) is 0 Å². The average Bonchev–Trinajstić information content (AvgIpc) is 2.58. The molecule has 0 aliphatic rings. The largest absolute Gasteiger partial charge is 0.254 e. The monoisotopic (exact) mass is 292 g/mol. The van der Waals surface area contributed by atoms with Crippen LogP contribution in [0.5, 0.6) is 0 Å². The first-order chi connectivity index (χ1) is 10.7. The van der Waals surface area contributed by atoms with Crippen molar-refractivity contribution in [3.05, 3.63) is 46.8 Å². The van der Waals surface area contributed by atoms with Crippen molar-refractivity contribution < 1.29 is 0 Å². The van der Waals surface area contributed by atoms with Crippen LogP contribution in [0.1, 0.15) is 49.9 Å². The molecule has 2 nitrogen and oxygen atoms in total. The van der Waals surface area contributed by atoms with E-state index in [1.165, 1.54) is 33.0 Å². The Bertz CT molecular complexity index is 763. The van der Waals surface area contributed by atoms with Crippen LogP contribution in [0.4, 0.5) is 0 Å². The molecule has 0 saturated heterocycles. The Labute approximate surface area is 132 Å². The smallest absolute Gasteiger partial charge is 0.0967 e. The zero-order valence-corrected chi connectivity index (χ0v) is 14.0. The lowest BCUT2D eigenvalue weighted by Crippen LogP contribution is -1.99. The molecule has 0 amide bonds. The van der Waals surface area contributed by atoms with Gasteiger partial charge in [0.2, 0.25) is 0 Å². The maximum Gasteiger partial charge on any atom is 0.0967 e. The van der Waals surface area contributed by atoms with Crippen molar-refractivity contribution in [3.63, 3.8) is 0 Å². The zero-order chi connectivity index (χ0) is 15.7. The van der Waals surface area contributed by atoms with E-state index in [4.69, 9.17) is 9.97 Å². The van der Waals surface area contributed by atoms with E-state index in [2.05, 4.69) is 39.8 Å². The second-order valence-corrected chi connectivity index (χ2v) is 5.80. The molecule has 0 N–H and O–H groups in total. The summed E-state index contributed by atoms with van der Waals surface area (Å²) in [6.07, 6.45) is 8.24. The summed E-state index contributed by atoms with van der Waals surface area (Å²) in [7, 11) is 0. The SMILES string of the molecule is CCc1cnc2c(ccc3c(CC)c(CC)cnc32)c1CC. The fourth-order valence-electron chi connectivity index (χ4n) is 3.56. The first-order valence-electron chi connectivity index (χ1n) is 8.44. The van der Waals surface area contributed by atoms with Gasteiger partial charge in [0, 0.05) is 23.2 Å². The van der Waals surface area contributed by atoms with Crippen molar-refractivity contribution in [1.29, 1.82) is 0 Å². The summed E-state index contributed by atoms with van der Waals surface area (Å²) < 4.78 is 0. The minimum Gasteiger partial charge on any atom is -0.254 e. The van der Waals surface area contributed by atoms with Crippen LogP contribution in [0.3, 0.4) is 0 Å². The molecule has 0 aliphatic heterocycles. The van der Waals surface area contributed by atoms with Gasteiger partial charge in [-0.1, -0.05) is 39.8 Å². The predicted molar refractivity (Wildman–Crippen MR) is 94.6 cm³/mol. The molecular formula is C20H24N2. The second kappa shape index (κ2) is 6.04. The van der Waals surface area contributed by atoms with Crippen molar-refractivity contribution >= 4 is 21.8 Å². The lowest BCUT2D eigenvalue weighted by atomic mass is 9.95. The summed E-state index contributed by atoms with van der Waals surface area (Å²) >= 11 is 0. The normalized spacial score (nSPS) is 11.5. The van der Waals surface area contributed by atoms with Crippen LogP contribution in [0.15, 0.2) is 24.5 Å². The molecule has 0 aliphatic carbocycles. The van der Waals surface area contributed by atoms with E-state index in [0.717, 1.165) is 36.7 Å². The van der Waals surface area contributed by atoms with Gasteiger partial charge in [-0.25, -0.2) is 0 Å². The number of nitrogens with zero attached hydrogens (tertiary/aromatic N) is 2. The summed E-state index contributed by atoms with van der Waals surface area (Å²) in [5.41, 5.74) is 7.68. The van der Waals surface area contributed by atoms with Gasteiger partial charge in [-0.15, -0.1) is 0 Å². The van der Waals surface area contributed by atoms with Crippen LogP contribution in [-0.4, -0.2) is 9.97 Å². The standard InChI is InChI=1S/C20H24N2/c1-5-13-11-21-19-17(15(13)7-3)9-10-18-16(8-4)14(6-2)12-22-20(18)19/h9-12H,5-8H2,1-4H3. The third kappa shape index (κ3) is 2.18. The molecule has 0 spiro atoms. The highest BCUT2D eigenvalue weighted by Crippen LogP contribution is 2.30. The van der Waals surface area contributed by atoms with Gasteiger partial charge in [-0.2, -0.15) is 0 Å². The number of pyridine rings is 2. The molecule has 114 valence electrons. The molecule has 2 heterocycles. The molecule has 22 heavy (non-hydrogen) atoms. The molecule has 0 unspecified atom stereocenters. The number of hydrogen-bond acceptors (Lipinski definition) is 2. The van der Waals surface area contributed by atoms with E-state index < -0.39 is 0 Å². The highest BCUT2D eigenvalue weighted by molar-refractivity contribution is 6.05. The Kier molecular flexibility index (Phi) is 4.10. The first kappa shape index (κ1) is 15.0. The lowest BCUT2D eigenvalue weighted by molar-refractivity contribution is 1.03. The number of aryl methyl sites for hydroxylation is 4. The topological polar surface area (TPSA) is 25.8 Å². The van der Waals surface area contributed by atoms with Crippen molar-refractivity contribution in [2.75, 3.05) is 0 Å². The molecule has 0 atom stereocenters. The Balaban J connectivity index is 2.42. The molecule has 3 aromatic rings. The van der Waals surface area contributed by atoms with Gasteiger partial charge in [-0.05, 0) is 47.9 Å². The minimum absolute atomic E-state index is 1.03. The number of benzene rings is 1. The summed E-state index contributed by atoms with van der Waals surface area (Å²) in [5.74, 6) is 0. The third-order valence-electron chi connectivity index (χ3n) is 4.74. The van der Waals surface area contributed by atoms with Crippen LogP contribution < -0.4 is 0 Å². The molecule has 0 saturated carbocycles. The highest BCUT2D eigenvalue weighted by Gasteiger charge is 2.13. The van der Waals surface area contributed by atoms with Gasteiger partial charge in [0.15, 0.2) is 0 Å². The zero-order valence-electron chi connectivity index (χ0n) is 14.0. The van der Waals surface area contributed by atoms with E-state index in [-0.39, 0.29) is 0 Å². The molecular weight excluding hydrogens is 268 g/mol. The number of aromatic nitrogens is 2. The van der Waals surface area contributed by atoms with Gasteiger partial charge in [0.05, 0.1) is 11.0 Å². The maximum atomic E-state index is 4.76. The average molecular weight is 292 g/mol. The lowest BCUT2D eigenvalue weighted by Gasteiger charge is -2.14. The maximum absolute atomic E-state index is 4.76. The van der Waals surface area contributed by atoms with Crippen LogP contribution >= 0.6 is 0 Å². The van der Waals surface area contributed by atoms with Gasteiger partial charge >= 0.3 is 0 Å². The molecule has 2 heteroatoms.